The zero-order valence-electron chi connectivity index (χ0n) is 13.4. The van der Waals surface area contributed by atoms with Crippen molar-refractivity contribution >= 4 is 8.60 Å². The maximum atomic E-state index is 10.3. The molecule has 20 heavy (non-hydrogen) atoms. The first-order valence-corrected chi connectivity index (χ1v) is 7.62. The molecule has 0 aliphatic rings. The number of phenolic OH excluding ortho intramolecular Hbond substituents is 1. The van der Waals surface area contributed by atoms with Crippen LogP contribution in [0.2, 0.25) is 0 Å². The van der Waals surface area contributed by atoms with Crippen LogP contribution in [-0.2, 0) is 15.4 Å². The highest BCUT2D eigenvalue weighted by molar-refractivity contribution is 7.39. The monoisotopic (exact) mass is 302 g/mol. The van der Waals surface area contributed by atoms with E-state index in [4.69, 9.17) is 9.79 Å². The van der Waals surface area contributed by atoms with Crippen LogP contribution >= 0.6 is 8.60 Å². The SMILES string of the molecule is CC(C)(C)c1cccc(C(C)(C)C)c1O.COP(O)O. The second-order valence-corrected chi connectivity index (χ2v) is 7.51. The number of hydrogen-bond donors (Lipinski definition) is 3. The molecule has 0 aliphatic carbocycles. The maximum Gasteiger partial charge on any atom is 0.326 e. The van der Waals surface area contributed by atoms with Gasteiger partial charge >= 0.3 is 8.60 Å². The van der Waals surface area contributed by atoms with Crippen LogP contribution in [0.4, 0.5) is 0 Å². The van der Waals surface area contributed by atoms with Gasteiger partial charge in [-0.3, -0.25) is 0 Å². The second-order valence-electron chi connectivity index (χ2n) is 6.64. The Kier molecular flexibility index (Phi) is 7.12. The average molecular weight is 302 g/mol. The molecule has 0 radical (unpaired) electrons. The quantitative estimate of drug-likeness (QED) is 0.690. The summed E-state index contributed by atoms with van der Waals surface area (Å²) in [6.45, 7) is 12.7. The number of phenols is 1. The zero-order chi connectivity index (χ0) is 16.1. The molecule has 0 aromatic heterocycles. The van der Waals surface area contributed by atoms with E-state index < -0.39 is 8.60 Å². The smallest absolute Gasteiger partial charge is 0.326 e. The van der Waals surface area contributed by atoms with E-state index >= 15 is 0 Å². The van der Waals surface area contributed by atoms with Crippen LogP contribution in [0.3, 0.4) is 0 Å². The van der Waals surface area contributed by atoms with Gasteiger partial charge in [-0.2, -0.15) is 0 Å². The van der Waals surface area contributed by atoms with Crippen LogP contribution < -0.4 is 0 Å². The van der Waals surface area contributed by atoms with E-state index in [0.717, 1.165) is 11.1 Å². The minimum Gasteiger partial charge on any atom is -0.507 e. The van der Waals surface area contributed by atoms with Crippen LogP contribution in [-0.4, -0.2) is 22.0 Å². The van der Waals surface area contributed by atoms with Crippen molar-refractivity contribution in [3.63, 3.8) is 0 Å². The Balaban J connectivity index is 0.000000621. The maximum absolute atomic E-state index is 10.3. The Morgan fingerprint density at radius 2 is 1.20 bits per heavy atom. The Bertz CT molecular complexity index is 385. The summed E-state index contributed by atoms with van der Waals surface area (Å²) in [6.07, 6.45) is 0. The molecule has 5 heteroatoms. The van der Waals surface area contributed by atoms with Crippen LogP contribution in [0.15, 0.2) is 18.2 Å². The second kappa shape index (κ2) is 7.37. The van der Waals surface area contributed by atoms with Crippen molar-refractivity contribution in [2.45, 2.75) is 52.4 Å². The molecule has 1 aromatic rings. The molecule has 0 aliphatic heterocycles. The standard InChI is InChI=1S/C14H22O.CH5O3P/c1-13(2,3)10-8-7-9-11(12(10)15)14(4,5)6;1-4-5(2)3/h7-9,15H,1-6H3;2-3H,1H3. The Labute approximate surface area is 123 Å². The molecule has 0 unspecified atom stereocenters. The van der Waals surface area contributed by atoms with Crippen LogP contribution in [0.5, 0.6) is 5.75 Å². The third kappa shape index (κ3) is 6.19. The van der Waals surface area contributed by atoms with E-state index in [1.165, 1.54) is 7.11 Å². The summed E-state index contributed by atoms with van der Waals surface area (Å²) in [7, 11) is -0.870. The first-order valence-electron chi connectivity index (χ1n) is 6.46. The topological polar surface area (TPSA) is 69.9 Å². The van der Waals surface area contributed by atoms with Gasteiger partial charge in [0, 0.05) is 7.11 Å². The molecular weight excluding hydrogens is 275 g/mol. The molecule has 3 N–H and O–H groups in total. The summed E-state index contributed by atoms with van der Waals surface area (Å²) in [6, 6.07) is 6.04. The molecule has 1 rings (SSSR count). The van der Waals surface area contributed by atoms with Gasteiger partial charge in [-0.15, -0.1) is 0 Å². The van der Waals surface area contributed by atoms with Gasteiger partial charge in [0.2, 0.25) is 0 Å². The zero-order valence-corrected chi connectivity index (χ0v) is 14.3. The third-order valence-electron chi connectivity index (χ3n) is 2.82. The van der Waals surface area contributed by atoms with Gasteiger partial charge < -0.3 is 19.4 Å². The molecule has 116 valence electrons. The highest BCUT2D eigenvalue weighted by Gasteiger charge is 2.24. The lowest BCUT2D eigenvalue weighted by Gasteiger charge is -2.26. The third-order valence-corrected chi connectivity index (χ3v) is 3.14. The summed E-state index contributed by atoms with van der Waals surface area (Å²) in [5.41, 5.74) is 2.03. The first kappa shape index (κ1) is 19.3. The minimum absolute atomic E-state index is 0.00859. The predicted molar refractivity (Wildman–Crippen MR) is 83.9 cm³/mol. The summed E-state index contributed by atoms with van der Waals surface area (Å²) >= 11 is 0. The summed E-state index contributed by atoms with van der Waals surface area (Å²) in [5, 5.41) is 10.3. The molecule has 0 heterocycles. The van der Waals surface area contributed by atoms with E-state index in [1.54, 1.807) is 0 Å². The van der Waals surface area contributed by atoms with Gasteiger partial charge in [-0.05, 0) is 22.0 Å². The molecule has 1 aromatic carbocycles. The van der Waals surface area contributed by atoms with E-state index in [1.807, 2.05) is 18.2 Å². The van der Waals surface area contributed by atoms with Crippen molar-refractivity contribution in [2.75, 3.05) is 7.11 Å². The lowest BCUT2D eigenvalue weighted by Crippen LogP contribution is -2.16. The molecule has 0 atom stereocenters. The Morgan fingerprint density at radius 3 is 1.40 bits per heavy atom. The number of para-hydroxylation sites is 1. The van der Waals surface area contributed by atoms with E-state index in [0.29, 0.717) is 5.75 Å². The molecular formula is C15H27O4P. The fourth-order valence-corrected chi connectivity index (χ4v) is 1.75. The van der Waals surface area contributed by atoms with Crippen molar-refractivity contribution < 1.29 is 19.4 Å². The molecule has 0 spiro atoms. The van der Waals surface area contributed by atoms with Gasteiger partial charge in [0.1, 0.15) is 5.75 Å². The first-order chi connectivity index (χ1) is 8.91. The predicted octanol–water partition coefficient (Wildman–Crippen LogP) is 3.83. The number of rotatable bonds is 1. The highest BCUT2D eigenvalue weighted by Crippen LogP contribution is 2.38. The lowest BCUT2D eigenvalue weighted by molar-refractivity contribution is 0.310. The summed E-state index contributed by atoms with van der Waals surface area (Å²) < 4.78 is 3.93. The van der Waals surface area contributed by atoms with E-state index in [9.17, 15) is 5.11 Å². The number of aromatic hydroxyl groups is 1. The summed E-state index contributed by atoms with van der Waals surface area (Å²) in [5.74, 6) is 0.456. The van der Waals surface area contributed by atoms with Gasteiger partial charge in [0.15, 0.2) is 0 Å². The Hall–Kier alpha value is -0.670. The number of benzene rings is 1. The number of hydrogen-bond acceptors (Lipinski definition) is 4. The lowest BCUT2D eigenvalue weighted by atomic mass is 9.80. The largest absolute Gasteiger partial charge is 0.507 e. The van der Waals surface area contributed by atoms with Gasteiger partial charge in [0.05, 0.1) is 0 Å². The van der Waals surface area contributed by atoms with Crippen molar-refractivity contribution in [3.8, 4) is 5.75 Å². The molecule has 0 fully saturated rings. The van der Waals surface area contributed by atoms with Crippen LogP contribution in [0.1, 0.15) is 52.7 Å². The van der Waals surface area contributed by atoms with E-state index in [2.05, 4.69) is 46.1 Å². The van der Waals surface area contributed by atoms with Crippen molar-refractivity contribution in [1.29, 1.82) is 0 Å². The highest BCUT2D eigenvalue weighted by atomic mass is 31.2. The fraction of sp³-hybridized carbons (Fsp3) is 0.600. The van der Waals surface area contributed by atoms with Gasteiger partial charge in [0.25, 0.3) is 0 Å². The van der Waals surface area contributed by atoms with Gasteiger partial charge in [-0.25, -0.2) is 0 Å². The molecule has 0 saturated carbocycles. The van der Waals surface area contributed by atoms with Crippen LogP contribution in [0.25, 0.3) is 0 Å². The molecule has 0 amide bonds. The minimum atomic E-state index is -2.10. The van der Waals surface area contributed by atoms with Gasteiger partial charge in [-0.1, -0.05) is 59.7 Å². The normalized spacial score (nSPS) is 12.1. The molecule has 4 nitrogen and oxygen atoms in total. The molecule has 0 saturated heterocycles. The molecule has 0 bridgehead atoms. The fourth-order valence-electron chi connectivity index (χ4n) is 1.75. The van der Waals surface area contributed by atoms with E-state index in [-0.39, 0.29) is 10.8 Å². The van der Waals surface area contributed by atoms with Crippen molar-refractivity contribution in [3.05, 3.63) is 29.3 Å². The van der Waals surface area contributed by atoms with Crippen molar-refractivity contribution in [1.82, 2.24) is 0 Å². The van der Waals surface area contributed by atoms with Crippen molar-refractivity contribution in [2.24, 2.45) is 0 Å². The Morgan fingerprint density at radius 1 is 0.900 bits per heavy atom. The van der Waals surface area contributed by atoms with Crippen LogP contribution in [0, 0.1) is 0 Å². The average Bonchev–Trinajstić information content (AvgIpc) is 2.26. The summed E-state index contributed by atoms with van der Waals surface area (Å²) in [4.78, 5) is 15.5.